The summed E-state index contributed by atoms with van der Waals surface area (Å²) in [7, 11) is 0. The summed E-state index contributed by atoms with van der Waals surface area (Å²) in [5, 5.41) is 0. The first kappa shape index (κ1) is 21.4. The Morgan fingerprint density at radius 1 is 0.750 bits per heavy atom. The number of hydrogen-bond donors (Lipinski definition) is 0. The van der Waals surface area contributed by atoms with Gasteiger partial charge in [-0.1, -0.05) is 102 Å². The molecule has 156 valence electrons. The molecule has 2 fully saturated rings. The van der Waals surface area contributed by atoms with E-state index in [2.05, 4.69) is 6.92 Å². The number of ether oxygens (including phenoxy) is 1. The van der Waals surface area contributed by atoms with Gasteiger partial charge in [0.1, 0.15) is 0 Å². The van der Waals surface area contributed by atoms with E-state index >= 15 is 0 Å². The van der Waals surface area contributed by atoms with Crippen LogP contribution in [0.3, 0.4) is 0 Å². The van der Waals surface area contributed by atoms with Gasteiger partial charge in [-0.3, -0.25) is 0 Å². The maximum absolute atomic E-state index is 12.0. The molecule has 0 spiro atoms. The molecule has 2 aliphatic rings. The summed E-state index contributed by atoms with van der Waals surface area (Å²) in [6, 6.07) is 9.34. The largest absolute Gasteiger partial charge is 0.462 e. The van der Waals surface area contributed by atoms with Crippen molar-refractivity contribution in [2.45, 2.75) is 90.4 Å². The third-order valence-corrected chi connectivity index (χ3v) is 7.38. The van der Waals surface area contributed by atoms with Gasteiger partial charge in [0.2, 0.25) is 0 Å². The molecular weight excluding hydrogens is 344 g/mol. The normalized spacial score (nSPS) is 28.0. The molecule has 2 aliphatic carbocycles. The van der Waals surface area contributed by atoms with E-state index in [1.54, 1.807) is 0 Å². The molecule has 28 heavy (non-hydrogen) atoms. The van der Waals surface area contributed by atoms with Crippen LogP contribution in [0.5, 0.6) is 0 Å². The maximum atomic E-state index is 12.0. The molecule has 2 nitrogen and oxygen atoms in total. The highest BCUT2D eigenvalue weighted by molar-refractivity contribution is 5.89. The van der Waals surface area contributed by atoms with Crippen molar-refractivity contribution in [3.8, 4) is 0 Å². The zero-order valence-corrected chi connectivity index (χ0v) is 17.9. The van der Waals surface area contributed by atoms with Gasteiger partial charge < -0.3 is 4.74 Å². The maximum Gasteiger partial charge on any atom is 0.338 e. The number of benzene rings is 1. The Kier molecular flexibility index (Phi) is 8.89. The van der Waals surface area contributed by atoms with Crippen LogP contribution < -0.4 is 0 Å². The van der Waals surface area contributed by atoms with Gasteiger partial charge in [-0.25, -0.2) is 4.79 Å². The Bertz CT molecular complexity index is 551. The molecule has 1 aromatic rings. The number of carbonyl (C=O) groups is 1. The first-order valence-corrected chi connectivity index (χ1v) is 12.0. The van der Waals surface area contributed by atoms with Crippen LogP contribution in [0.4, 0.5) is 0 Å². The summed E-state index contributed by atoms with van der Waals surface area (Å²) in [5.74, 6) is 3.58. The van der Waals surface area contributed by atoms with E-state index in [1.807, 2.05) is 30.3 Å². The lowest BCUT2D eigenvalue weighted by atomic mass is 9.74. The van der Waals surface area contributed by atoms with Gasteiger partial charge in [0, 0.05) is 0 Å². The van der Waals surface area contributed by atoms with E-state index in [-0.39, 0.29) is 5.97 Å². The van der Waals surface area contributed by atoms with Crippen LogP contribution in [0.1, 0.15) is 101 Å². The molecule has 1 aromatic carbocycles. The van der Waals surface area contributed by atoms with E-state index in [9.17, 15) is 4.79 Å². The predicted molar refractivity (Wildman–Crippen MR) is 116 cm³/mol. The van der Waals surface area contributed by atoms with Crippen molar-refractivity contribution >= 4 is 5.97 Å². The minimum atomic E-state index is -0.178. The lowest BCUT2D eigenvalue weighted by molar-refractivity contribution is 0.0469. The van der Waals surface area contributed by atoms with Crippen LogP contribution in [0.25, 0.3) is 0 Å². The molecule has 0 unspecified atom stereocenters. The van der Waals surface area contributed by atoms with Gasteiger partial charge in [0.05, 0.1) is 12.2 Å². The van der Waals surface area contributed by atoms with Crippen molar-refractivity contribution in [1.82, 2.24) is 0 Å². The predicted octanol–water partition coefficient (Wildman–Crippen LogP) is 7.43. The van der Waals surface area contributed by atoms with Gasteiger partial charge in [0.15, 0.2) is 0 Å². The fourth-order valence-corrected chi connectivity index (χ4v) is 5.47. The van der Waals surface area contributed by atoms with Gasteiger partial charge in [-0.15, -0.1) is 0 Å². The molecule has 3 rings (SSSR count). The molecule has 2 heteroatoms. The number of esters is 1. The highest BCUT2D eigenvalue weighted by atomic mass is 16.5. The topological polar surface area (TPSA) is 26.3 Å². The van der Waals surface area contributed by atoms with Crippen LogP contribution >= 0.6 is 0 Å². The van der Waals surface area contributed by atoms with Gasteiger partial charge in [0.25, 0.3) is 0 Å². The SMILES string of the molecule is CCC[C@H]1CC[C@H](CC[C@H]2CC[C@H](CCOC(=O)c3ccccc3)CC2)CC1. The molecule has 2 saturated carbocycles. The zero-order chi connectivity index (χ0) is 19.6. The lowest BCUT2D eigenvalue weighted by Gasteiger charge is -2.32. The fraction of sp³-hybridized carbons (Fsp3) is 0.731. The average molecular weight is 385 g/mol. The zero-order valence-electron chi connectivity index (χ0n) is 17.9. The average Bonchev–Trinajstić information content (AvgIpc) is 2.75. The van der Waals surface area contributed by atoms with Crippen LogP contribution in [-0.4, -0.2) is 12.6 Å². The highest BCUT2D eigenvalue weighted by Gasteiger charge is 2.24. The molecule has 0 aliphatic heterocycles. The molecule has 0 heterocycles. The second-order valence-electron chi connectivity index (χ2n) is 9.43. The molecule has 0 aromatic heterocycles. The summed E-state index contributed by atoms with van der Waals surface area (Å²) in [4.78, 5) is 12.0. The monoisotopic (exact) mass is 384 g/mol. The molecular formula is C26H40O2. The second kappa shape index (κ2) is 11.6. The Balaban J connectivity index is 1.24. The van der Waals surface area contributed by atoms with Crippen LogP contribution in [-0.2, 0) is 4.74 Å². The highest BCUT2D eigenvalue weighted by Crippen LogP contribution is 2.38. The van der Waals surface area contributed by atoms with Crippen molar-refractivity contribution < 1.29 is 9.53 Å². The quantitative estimate of drug-likeness (QED) is 0.414. The number of carbonyl (C=O) groups excluding carboxylic acids is 1. The van der Waals surface area contributed by atoms with Gasteiger partial charge in [-0.2, -0.15) is 0 Å². The Labute approximate surface area is 172 Å². The minimum absolute atomic E-state index is 0.178. The first-order chi connectivity index (χ1) is 13.7. The summed E-state index contributed by atoms with van der Waals surface area (Å²) in [6.07, 6.45) is 18.2. The summed E-state index contributed by atoms with van der Waals surface area (Å²) >= 11 is 0. The van der Waals surface area contributed by atoms with Crippen molar-refractivity contribution in [2.24, 2.45) is 23.7 Å². The van der Waals surface area contributed by atoms with E-state index in [0.717, 1.165) is 30.1 Å². The van der Waals surface area contributed by atoms with E-state index < -0.39 is 0 Å². The van der Waals surface area contributed by atoms with E-state index in [1.165, 1.54) is 77.0 Å². The lowest BCUT2D eigenvalue weighted by Crippen LogP contribution is -2.19. The third-order valence-electron chi connectivity index (χ3n) is 7.38. The molecule has 0 amide bonds. The molecule has 0 N–H and O–H groups in total. The van der Waals surface area contributed by atoms with Crippen molar-refractivity contribution in [3.05, 3.63) is 35.9 Å². The molecule has 0 bridgehead atoms. The van der Waals surface area contributed by atoms with E-state index in [4.69, 9.17) is 4.74 Å². The fourth-order valence-electron chi connectivity index (χ4n) is 5.47. The summed E-state index contributed by atoms with van der Waals surface area (Å²) < 4.78 is 5.47. The molecule has 0 saturated heterocycles. The number of hydrogen-bond acceptors (Lipinski definition) is 2. The number of rotatable bonds is 9. The first-order valence-electron chi connectivity index (χ1n) is 12.0. The minimum Gasteiger partial charge on any atom is -0.462 e. The van der Waals surface area contributed by atoms with Crippen molar-refractivity contribution in [3.63, 3.8) is 0 Å². The van der Waals surface area contributed by atoms with Gasteiger partial charge in [-0.05, 0) is 42.2 Å². The summed E-state index contributed by atoms with van der Waals surface area (Å²) in [6.45, 7) is 2.90. The Morgan fingerprint density at radius 2 is 1.21 bits per heavy atom. The van der Waals surface area contributed by atoms with E-state index in [0.29, 0.717) is 12.2 Å². The summed E-state index contributed by atoms with van der Waals surface area (Å²) in [5.41, 5.74) is 0.662. The van der Waals surface area contributed by atoms with Crippen LogP contribution in [0.15, 0.2) is 30.3 Å². The van der Waals surface area contributed by atoms with Crippen LogP contribution in [0, 0.1) is 23.7 Å². The van der Waals surface area contributed by atoms with Gasteiger partial charge >= 0.3 is 5.97 Å². The smallest absolute Gasteiger partial charge is 0.338 e. The standard InChI is InChI=1S/C26H40O2/c1-2-6-21-9-11-22(12-10-21)13-14-23-15-17-24(18-16-23)19-20-28-26(27)25-7-4-3-5-8-25/h3-5,7-8,21-24H,2,6,9-20H2,1H3/t21-,22-,23-,24-. The van der Waals surface area contributed by atoms with Crippen LogP contribution in [0.2, 0.25) is 0 Å². The third kappa shape index (κ3) is 6.94. The molecule has 0 radical (unpaired) electrons. The van der Waals surface area contributed by atoms with Crippen molar-refractivity contribution in [1.29, 1.82) is 0 Å². The van der Waals surface area contributed by atoms with Crippen molar-refractivity contribution in [2.75, 3.05) is 6.61 Å². The Morgan fingerprint density at radius 3 is 1.71 bits per heavy atom. The Hall–Kier alpha value is -1.31. The molecule has 0 atom stereocenters. The second-order valence-corrected chi connectivity index (χ2v) is 9.43.